The third kappa shape index (κ3) is 1.71. The molecule has 78 valence electrons. The van der Waals surface area contributed by atoms with Crippen LogP contribution in [-0.4, -0.2) is 11.5 Å². The summed E-state index contributed by atoms with van der Waals surface area (Å²) in [6.45, 7) is 5.08. The molecule has 0 bridgehead atoms. The zero-order chi connectivity index (χ0) is 10.2. The van der Waals surface area contributed by atoms with Crippen molar-refractivity contribution in [1.82, 2.24) is 4.98 Å². The molecular formula is C11H18N2S. The molecule has 1 aromatic rings. The van der Waals surface area contributed by atoms with Crippen molar-refractivity contribution >= 4 is 11.3 Å². The van der Waals surface area contributed by atoms with E-state index in [4.69, 9.17) is 10.7 Å². The minimum atomic E-state index is 0.0869. The second kappa shape index (κ2) is 3.63. The van der Waals surface area contributed by atoms with Gasteiger partial charge in [0.1, 0.15) is 0 Å². The summed E-state index contributed by atoms with van der Waals surface area (Å²) in [4.78, 5) is 4.72. The van der Waals surface area contributed by atoms with Crippen molar-refractivity contribution in [3.05, 3.63) is 16.1 Å². The van der Waals surface area contributed by atoms with Crippen LogP contribution in [0.5, 0.6) is 0 Å². The SMILES string of the molecule is CCC(C)(CN)c1csc(C2CC2)n1. The average Bonchev–Trinajstić information content (AvgIpc) is 2.95. The van der Waals surface area contributed by atoms with E-state index in [0.717, 1.165) is 12.3 Å². The van der Waals surface area contributed by atoms with Gasteiger partial charge in [-0.2, -0.15) is 0 Å². The lowest BCUT2D eigenvalue weighted by Gasteiger charge is -2.23. The van der Waals surface area contributed by atoms with Crippen LogP contribution in [0.4, 0.5) is 0 Å². The molecule has 0 aliphatic heterocycles. The average molecular weight is 210 g/mol. The normalized spacial score (nSPS) is 20.8. The number of thiazole rings is 1. The zero-order valence-corrected chi connectivity index (χ0v) is 9.73. The fraction of sp³-hybridized carbons (Fsp3) is 0.727. The van der Waals surface area contributed by atoms with Gasteiger partial charge >= 0.3 is 0 Å². The Morgan fingerprint density at radius 1 is 1.64 bits per heavy atom. The first kappa shape index (κ1) is 10.1. The molecule has 2 nitrogen and oxygen atoms in total. The van der Waals surface area contributed by atoms with Gasteiger partial charge in [0.15, 0.2) is 0 Å². The van der Waals surface area contributed by atoms with Crippen LogP contribution in [0.2, 0.25) is 0 Å². The maximum absolute atomic E-state index is 5.82. The quantitative estimate of drug-likeness (QED) is 0.829. The van der Waals surface area contributed by atoms with E-state index in [1.807, 2.05) is 11.3 Å². The molecular weight excluding hydrogens is 192 g/mol. The number of nitrogens with two attached hydrogens (primary N) is 1. The molecule has 0 radical (unpaired) electrons. The van der Waals surface area contributed by atoms with E-state index in [1.54, 1.807) is 0 Å². The number of nitrogens with zero attached hydrogens (tertiary/aromatic N) is 1. The van der Waals surface area contributed by atoms with Crippen molar-refractivity contribution < 1.29 is 0 Å². The lowest BCUT2D eigenvalue weighted by molar-refractivity contribution is 0.455. The molecule has 2 N–H and O–H groups in total. The topological polar surface area (TPSA) is 38.9 Å². The van der Waals surface area contributed by atoms with E-state index in [0.29, 0.717) is 6.54 Å². The van der Waals surface area contributed by atoms with Crippen LogP contribution in [0.1, 0.15) is 49.7 Å². The number of hydrogen-bond acceptors (Lipinski definition) is 3. The van der Waals surface area contributed by atoms with Crippen LogP contribution in [-0.2, 0) is 5.41 Å². The van der Waals surface area contributed by atoms with Crippen molar-refractivity contribution in [2.24, 2.45) is 5.73 Å². The lowest BCUT2D eigenvalue weighted by atomic mass is 9.85. The van der Waals surface area contributed by atoms with Crippen LogP contribution in [0, 0.1) is 0 Å². The van der Waals surface area contributed by atoms with Crippen LogP contribution < -0.4 is 5.73 Å². The van der Waals surface area contributed by atoms with Crippen LogP contribution in [0.15, 0.2) is 5.38 Å². The highest BCUT2D eigenvalue weighted by molar-refractivity contribution is 7.09. The molecule has 2 rings (SSSR count). The standard InChI is InChI=1S/C11H18N2S/c1-3-11(2,7-12)9-6-14-10(13-9)8-4-5-8/h6,8H,3-5,7,12H2,1-2H3. The molecule has 0 amide bonds. The molecule has 1 unspecified atom stereocenters. The molecule has 1 saturated carbocycles. The Morgan fingerprint density at radius 2 is 2.36 bits per heavy atom. The second-order valence-electron chi connectivity index (χ2n) is 4.46. The van der Waals surface area contributed by atoms with Gasteiger partial charge in [0.2, 0.25) is 0 Å². The van der Waals surface area contributed by atoms with Crippen molar-refractivity contribution in [2.75, 3.05) is 6.54 Å². The first-order valence-corrected chi connectivity index (χ1v) is 6.23. The molecule has 1 aromatic heterocycles. The molecule has 1 aliphatic rings. The summed E-state index contributed by atoms with van der Waals surface area (Å²) < 4.78 is 0. The first-order valence-electron chi connectivity index (χ1n) is 5.35. The van der Waals surface area contributed by atoms with Gasteiger partial charge in [0, 0.05) is 23.3 Å². The smallest absolute Gasteiger partial charge is 0.0959 e. The second-order valence-corrected chi connectivity index (χ2v) is 5.35. The van der Waals surface area contributed by atoms with Crippen LogP contribution >= 0.6 is 11.3 Å². The molecule has 0 aromatic carbocycles. The summed E-state index contributed by atoms with van der Waals surface area (Å²) >= 11 is 1.81. The van der Waals surface area contributed by atoms with Crippen molar-refractivity contribution in [2.45, 2.75) is 44.4 Å². The summed E-state index contributed by atoms with van der Waals surface area (Å²) in [5.74, 6) is 0.771. The van der Waals surface area contributed by atoms with E-state index in [9.17, 15) is 0 Å². The van der Waals surface area contributed by atoms with Crippen LogP contribution in [0.25, 0.3) is 0 Å². The Morgan fingerprint density at radius 3 is 2.86 bits per heavy atom. The highest BCUT2D eigenvalue weighted by atomic mass is 32.1. The Balaban J connectivity index is 2.21. The molecule has 14 heavy (non-hydrogen) atoms. The highest BCUT2D eigenvalue weighted by Crippen LogP contribution is 2.42. The predicted octanol–water partition coefficient (Wildman–Crippen LogP) is 2.65. The van der Waals surface area contributed by atoms with Crippen molar-refractivity contribution in [3.63, 3.8) is 0 Å². The van der Waals surface area contributed by atoms with Gasteiger partial charge in [0.25, 0.3) is 0 Å². The van der Waals surface area contributed by atoms with E-state index in [-0.39, 0.29) is 5.41 Å². The number of aromatic nitrogens is 1. The summed E-state index contributed by atoms with van der Waals surface area (Å²) in [6, 6.07) is 0. The van der Waals surface area contributed by atoms with Gasteiger partial charge in [-0.25, -0.2) is 4.98 Å². The van der Waals surface area contributed by atoms with Gasteiger partial charge in [-0.3, -0.25) is 0 Å². The largest absolute Gasteiger partial charge is 0.330 e. The summed E-state index contributed by atoms with van der Waals surface area (Å²) in [6.07, 6.45) is 3.73. The van der Waals surface area contributed by atoms with Crippen molar-refractivity contribution in [3.8, 4) is 0 Å². The van der Waals surface area contributed by atoms with Gasteiger partial charge in [-0.1, -0.05) is 13.8 Å². The molecule has 0 saturated heterocycles. The lowest BCUT2D eigenvalue weighted by Crippen LogP contribution is -2.31. The fourth-order valence-corrected chi connectivity index (χ4v) is 2.66. The van der Waals surface area contributed by atoms with Gasteiger partial charge in [-0.15, -0.1) is 11.3 Å². The third-order valence-electron chi connectivity index (χ3n) is 3.30. The maximum Gasteiger partial charge on any atom is 0.0959 e. The van der Waals surface area contributed by atoms with Gasteiger partial charge < -0.3 is 5.73 Å². The Labute approximate surface area is 89.5 Å². The Hall–Kier alpha value is -0.410. The molecule has 3 heteroatoms. The number of rotatable bonds is 4. The van der Waals surface area contributed by atoms with Gasteiger partial charge in [-0.05, 0) is 19.3 Å². The Kier molecular flexibility index (Phi) is 2.62. The molecule has 1 fully saturated rings. The van der Waals surface area contributed by atoms with Gasteiger partial charge in [0.05, 0.1) is 10.7 Å². The fourth-order valence-electron chi connectivity index (χ4n) is 1.51. The van der Waals surface area contributed by atoms with E-state index in [2.05, 4.69) is 19.2 Å². The molecule has 1 heterocycles. The van der Waals surface area contributed by atoms with Crippen LogP contribution in [0.3, 0.4) is 0 Å². The first-order chi connectivity index (χ1) is 6.69. The predicted molar refractivity (Wildman–Crippen MR) is 60.8 cm³/mol. The van der Waals surface area contributed by atoms with E-state index in [1.165, 1.54) is 23.5 Å². The minimum Gasteiger partial charge on any atom is -0.330 e. The van der Waals surface area contributed by atoms with Crippen molar-refractivity contribution in [1.29, 1.82) is 0 Å². The minimum absolute atomic E-state index is 0.0869. The van der Waals surface area contributed by atoms with E-state index < -0.39 is 0 Å². The molecule has 0 spiro atoms. The Bertz CT molecular complexity index is 311. The van der Waals surface area contributed by atoms with E-state index >= 15 is 0 Å². The zero-order valence-electron chi connectivity index (χ0n) is 8.92. The summed E-state index contributed by atoms with van der Waals surface area (Å²) in [5, 5.41) is 3.53. The molecule has 1 atom stereocenters. The summed E-state index contributed by atoms with van der Waals surface area (Å²) in [5.41, 5.74) is 7.11. The highest BCUT2D eigenvalue weighted by Gasteiger charge is 2.30. The summed E-state index contributed by atoms with van der Waals surface area (Å²) in [7, 11) is 0. The maximum atomic E-state index is 5.82. The monoisotopic (exact) mass is 210 g/mol. The molecule has 1 aliphatic carbocycles. The number of hydrogen-bond donors (Lipinski definition) is 1. The third-order valence-corrected chi connectivity index (χ3v) is 4.30.